The summed E-state index contributed by atoms with van der Waals surface area (Å²) in [5, 5.41) is 0.426. The lowest BCUT2D eigenvalue weighted by molar-refractivity contribution is 0.104. The molecule has 0 heterocycles. The summed E-state index contributed by atoms with van der Waals surface area (Å²) >= 11 is 9.50. The maximum atomic E-state index is 12.2. The minimum absolute atomic E-state index is 0.0987. The summed E-state index contributed by atoms with van der Waals surface area (Å²) in [5.41, 5.74) is 1.35. The summed E-state index contributed by atoms with van der Waals surface area (Å²) in [5.74, 6) is 0.889. The lowest BCUT2D eigenvalue weighted by Crippen LogP contribution is -1.95. The van der Waals surface area contributed by atoms with Crippen molar-refractivity contribution < 1.29 is 14.3 Å². The molecule has 2 rings (SSSR count). The van der Waals surface area contributed by atoms with Crippen molar-refractivity contribution in [2.75, 3.05) is 14.2 Å². The molecule has 0 unspecified atom stereocenters. The van der Waals surface area contributed by atoms with Gasteiger partial charge in [0, 0.05) is 10.0 Å². The third-order valence-corrected chi connectivity index (χ3v) is 3.99. The van der Waals surface area contributed by atoms with Crippen molar-refractivity contribution in [3.8, 4) is 11.5 Å². The van der Waals surface area contributed by atoms with Crippen molar-refractivity contribution in [1.29, 1.82) is 0 Å². The number of allylic oxidation sites excluding steroid dienone is 1. The molecule has 0 aromatic heterocycles. The first kappa shape index (κ1) is 16.6. The van der Waals surface area contributed by atoms with E-state index in [1.54, 1.807) is 24.3 Å². The van der Waals surface area contributed by atoms with Crippen LogP contribution in [0, 0.1) is 0 Å². The van der Waals surface area contributed by atoms with E-state index < -0.39 is 0 Å². The van der Waals surface area contributed by atoms with Gasteiger partial charge in [-0.05, 0) is 35.9 Å². The Morgan fingerprint density at radius 2 is 1.91 bits per heavy atom. The van der Waals surface area contributed by atoms with E-state index in [0.29, 0.717) is 22.1 Å². The van der Waals surface area contributed by atoms with Crippen LogP contribution in [-0.2, 0) is 0 Å². The number of halogens is 2. The Balaban J connectivity index is 2.29. The van der Waals surface area contributed by atoms with Crippen LogP contribution in [0.1, 0.15) is 15.9 Å². The fourth-order valence-electron chi connectivity index (χ4n) is 1.96. The number of ketones is 1. The van der Waals surface area contributed by atoms with Crippen molar-refractivity contribution in [2.24, 2.45) is 0 Å². The van der Waals surface area contributed by atoms with Gasteiger partial charge < -0.3 is 9.47 Å². The lowest BCUT2D eigenvalue weighted by Gasteiger charge is -2.10. The van der Waals surface area contributed by atoms with E-state index in [1.165, 1.54) is 20.3 Å². The van der Waals surface area contributed by atoms with Crippen LogP contribution in [0.2, 0.25) is 5.02 Å². The maximum absolute atomic E-state index is 12.2. The smallest absolute Gasteiger partial charge is 0.186 e. The van der Waals surface area contributed by atoms with Gasteiger partial charge in [0.1, 0.15) is 0 Å². The molecular weight excluding hydrogens is 368 g/mol. The van der Waals surface area contributed by atoms with Gasteiger partial charge in [0.2, 0.25) is 0 Å². The Morgan fingerprint density at radius 3 is 2.55 bits per heavy atom. The monoisotopic (exact) mass is 380 g/mol. The van der Waals surface area contributed by atoms with Crippen molar-refractivity contribution >= 4 is 39.4 Å². The van der Waals surface area contributed by atoms with Crippen LogP contribution >= 0.6 is 27.5 Å². The van der Waals surface area contributed by atoms with E-state index in [-0.39, 0.29) is 5.78 Å². The van der Waals surface area contributed by atoms with Crippen LogP contribution in [-0.4, -0.2) is 20.0 Å². The number of benzene rings is 2. The minimum Gasteiger partial charge on any atom is -0.493 e. The summed E-state index contributed by atoms with van der Waals surface area (Å²) < 4.78 is 11.2. The number of hydrogen-bond acceptors (Lipinski definition) is 3. The van der Waals surface area contributed by atoms with Crippen molar-refractivity contribution in [3.05, 3.63) is 63.1 Å². The highest BCUT2D eigenvalue weighted by molar-refractivity contribution is 9.10. The molecule has 0 saturated heterocycles. The highest BCUT2D eigenvalue weighted by Crippen LogP contribution is 2.36. The maximum Gasteiger partial charge on any atom is 0.186 e. The SMILES string of the molecule is COc1cc(/C=C/C(=O)c2ccccc2Br)cc(Cl)c1OC. The summed E-state index contributed by atoms with van der Waals surface area (Å²) in [4.78, 5) is 12.2. The molecule has 2 aromatic rings. The highest BCUT2D eigenvalue weighted by atomic mass is 79.9. The van der Waals surface area contributed by atoms with Gasteiger partial charge >= 0.3 is 0 Å². The van der Waals surface area contributed by atoms with Gasteiger partial charge in [0.25, 0.3) is 0 Å². The number of methoxy groups -OCH3 is 2. The van der Waals surface area contributed by atoms with E-state index in [4.69, 9.17) is 21.1 Å². The molecule has 0 aliphatic heterocycles. The Bertz CT molecular complexity index is 726. The largest absolute Gasteiger partial charge is 0.493 e. The Morgan fingerprint density at radius 1 is 1.18 bits per heavy atom. The highest BCUT2D eigenvalue weighted by Gasteiger charge is 2.10. The van der Waals surface area contributed by atoms with Gasteiger partial charge in [-0.3, -0.25) is 4.79 Å². The summed E-state index contributed by atoms with van der Waals surface area (Å²) in [6, 6.07) is 10.7. The second kappa shape index (κ2) is 7.47. The van der Waals surface area contributed by atoms with Crippen LogP contribution in [0.15, 0.2) is 46.9 Å². The summed E-state index contributed by atoms with van der Waals surface area (Å²) in [6.45, 7) is 0. The van der Waals surface area contributed by atoms with Gasteiger partial charge in [-0.25, -0.2) is 0 Å². The topological polar surface area (TPSA) is 35.5 Å². The molecule has 0 bridgehead atoms. The van der Waals surface area contributed by atoms with Crippen LogP contribution in [0.3, 0.4) is 0 Å². The minimum atomic E-state index is -0.0987. The van der Waals surface area contributed by atoms with Crippen molar-refractivity contribution in [1.82, 2.24) is 0 Å². The van der Waals surface area contributed by atoms with Crippen LogP contribution in [0.5, 0.6) is 11.5 Å². The van der Waals surface area contributed by atoms with Gasteiger partial charge in [0.05, 0.1) is 19.2 Å². The first-order chi connectivity index (χ1) is 10.6. The molecule has 2 aromatic carbocycles. The molecule has 0 amide bonds. The van der Waals surface area contributed by atoms with Crippen LogP contribution in [0.25, 0.3) is 6.08 Å². The molecule has 5 heteroatoms. The molecule has 0 atom stereocenters. The number of rotatable bonds is 5. The second-order valence-corrected chi connectivity index (χ2v) is 5.68. The molecule has 0 aliphatic rings. The summed E-state index contributed by atoms with van der Waals surface area (Å²) in [6.07, 6.45) is 3.19. The molecule has 114 valence electrons. The van der Waals surface area contributed by atoms with E-state index in [0.717, 1.165) is 10.0 Å². The van der Waals surface area contributed by atoms with Crippen LogP contribution in [0.4, 0.5) is 0 Å². The Kier molecular flexibility index (Phi) is 5.63. The number of hydrogen-bond donors (Lipinski definition) is 0. The summed E-state index contributed by atoms with van der Waals surface area (Å²) in [7, 11) is 3.06. The first-order valence-corrected chi connectivity index (χ1v) is 7.62. The zero-order chi connectivity index (χ0) is 16.1. The molecule has 3 nitrogen and oxygen atoms in total. The fraction of sp³-hybridized carbons (Fsp3) is 0.118. The van der Waals surface area contributed by atoms with Crippen LogP contribution < -0.4 is 9.47 Å². The van der Waals surface area contributed by atoms with Gasteiger partial charge in [-0.2, -0.15) is 0 Å². The first-order valence-electron chi connectivity index (χ1n) is 6.45. The Hall–Kier alpha value is -1.78. The molecule has 0 fully saturated rings. The zero-order valence-corrected chi connectivity index (χ0v) is 14.4. The molecule has 22 heavy (non-hydrogen) atoms. The lowest BCUT2D eigenvalue weighted by atomic mass is 10.1. The van der Waals surface area contributed by atoms with Crippen molar-refractivity contribution in [2.45, 2.75) is 0 Å². The standard InChI is InChI=1S/C17H14BrClO3/c1-21-16-10-11(9-14(19)17(16)22-2)7-8-15(20)12-5-3-4-6-13(12)18/h3-10H,1-2H3/b8-7+. The number of carbonyl (C=O) groups excluding carboxylic acids is 1. The second-order valence-electron chi connectivity index (χ2n) is 4.42. The average Bonchev–Trinajstić information content (AvgIpc) is 2.52. The van der Waals surface area contributed by atoms with Gasteiger partial charge in [0.15, 0.2) is 17.3 Å². The average molecular weight is 382 g/mol. The molecule has 0 spiro atoms. The van der Waals surface area contributed by atoms with Crippen molar-refractivity contribution in [3.63, 3.8) is 0 Å². The molecule has 0 radical (unpaired) electrons. The van der Waals surface area contributed by atoms with E-state index >= 15 is 0 Å². The quantitative estimate of drug-likeness (QED) is 0.539. The molecule has 0 aliphatic carbocycles. The predicted octanol–water partition coefficient (Wildman–Crippen LogP) is 5.02. The molecule has 0 saturated carbocycles. The van der Waals surface area contributed by atoms with E-state index in [9.17, 15) is 4.79 Å². The van der Waals surface area contributed by atoms with Gasteiger partial charge in [-0.15, -0.1) is 0 Å². The normalized spacial score (nSPS) is 10.7. The zero-order valence-electron chi connectivity index (χ0n) is 12.1. The third-order valence-electron chi connectivity index (χ3n) is 3.02. The predicted molar refractivity (Wildman–Crippen MR) is 92.1 cm³/mol. The fourth-order valence-corrected chi connectivity index (χ4v) is 2.73. The van der Waals surface area contributed by atoms with E-state index in [2.05, 4.69) is 15.9 Å². The van der Waals surface area contributed by atoms with Gasteiger partial charge in [-0.1, -0.05) is 45.7 Å². The molecular formula is C17H14BrClO3. The number of ether oxygens (including phenoxy) is 2. The van der Waals surface area contributed by atoms with E-state index in [1.807, 2.05) is 18.2 Å². The number of carbonyl (C=O) groups is 1. The third kappa shape index (κ3) is 3.70. The molecule has 0 N–H and O–H groups in total. The Labute approximate surface area is 142 Å².